The highest BCUT2D eigenvalue weighted by atomic mass is 79.9. The molecule has 0 amide bonds. The first-order valence-corrected chi connectivity index (χ1v) is 6.72. The molecule has 6 heteroatoms. The first-order chi connectivity index (χ1) is 8.24. The number of nitrogens with one attached hydrogen (secondary N) is 2. The number of hydrogen-bond acceptors (Lipinski definition) is 3. The van der Waals surface area contributed by atoms with Crippen molar-refractivity contribution in [2.45, 2.75) is 18.9 Å². The van der Waals surface area contributed by atoms with Crippen molar-refractivity contribution in [2.75, 3.05) is 18.5 Å². The normalized spacial score (nSPS) is 19.0. The van der Waals surface area contributed by atoms with Crippen LogP contribution in [0.25, 0.3) is 0 Å². The standard InChI is InChI=1S/C11H14BrN3OS/c12-8-3-4-10(13-6-8)15-11(17)14-7-9-2-1-5-16-9/h3-4,6,9H,1-2,5,7H2,(H2,13,14,15,17)/t9-/m1/s1. The number of thiocarbonyl (C=S) groups is 1. The molecular formula is C11H14BrN3OS. The molecule has 17 heavy (non-hydrogen) atoms. The highest BCUT2D eigenvalue weighted by Crippen LogP contribution is 2.11. The van der Waals surface area contributed by atoms with E-state index in [0.717, 1.165) is 36.3 Å². The third-order valence-electron chi connectivity index (χ3n) is 2.48. The van der Waals surface area contributed by atoms with Gasteiger partial charge < -0.3 is 15.4 Å². The second-order valence-electron chi connectivity index (χ2n) is 3.83. The zero-order valence-corrected chi connectivity index (χ0v) is 11.7. The van der Waals surface area contributed by atoms with Crippen molar-refractivity contribution in [2.24, 2.45) is 0 Å². The van der Waals surface area contributed by atoms with E-state index in [0.29, 0.717) is 5.11 Å². The Hall–Kier alpha value is -0.720. The smallest absolute Gasteiger partial charge is 0.172 e. The van der Waals surface area contributed by atoms with Crippen molar-refractivity contribution in [1.82, 2.24) is 10.3 Å². The summed E-state index contributed by atoms with van der Waals surface area (Å²) in [6, 6.07) is 3.78. The van der Waals surface area contributed by atoms with Gasteiger partial charge in [-0.3, -0.25) is 0 Å². The van der Waals surface area contributed by atoms with E-state index in [2.05, 4.69) is 31.5 Å². The Morgan fingerprint density at radius 3 is 3.12 bits per heavy atom. The summed E-state index contributed by atoms with van der Waals surface area (Å²) in [6.07, 6.45) is 4.26. The SMILES string of the molecule is S=C(NC[C@H]1CCCO1)Nc1ccc(Br)cn1. The van der Waals surface area contributed by atoms with Crippen LogP contribution in [0, 0.1) is 0 Å². The molecule has 0 radical (unpaired) electrons. The minimum absolute atomic E-state index is 0.285. The summed E-state index contributed by atoms with van der Waals surface area (Å²) in [5.41, 5.74) is 0. The van der Waals surface area contributed by atoms with E-state index < -0.39 is 0 Å². The van der Waals surface area contributed by atoms with E-state index in [-0.39, 0.29) is 6.10 Å². The van der Waals surface area contributed by atoms with Crippen LogP contribution >= 0.6 is 28.1 Å². The maximum Gasteiger partial charge on any atom is 0.172 e. The number of hydrogen-bond donors (Lipinski definition) is 2. The minimum Gasteiger partial charge on any atom is -0.376 e. The van der Waals surface area contributed by atoms with E-state index in [1.54, 1.807) is 6.20 Å². The molecule has 1 atom stereocenters. The highest BCUT2D eigenvalue weighted by molar-refractivity contribution is 9.10. The summed E-state index contributed by atoms with van der Waals surface area (Å²) in [6.45, 7) is 1.61. The Morgan fingerprint density at radius 1 is 1.59 bits per heavy atom. The number of nitrogens with zero attached hydrogens (tertiary/aromatic N) is 1. The molecule has 0 unspecified atom stereocenters. The van der Waals surface area contributed by atoms with Crippen molar-refractivity contribution in [3.8, 4) is 0 Å². The quantitative estimate of drug-likeness (QED) is 0.838. The van der Waals surface area contributed by atoms with Gasteiger partial charge in [0.2, 0.25) is 0 Å². The molecule has 2 rings (SSSR count). The van der Waals surface area contributed by atoms with Crippen LogP contribution in [-0.2, 0) is 4.74 Å². The molecule has 2 N–H and O–H groups in total. The fourth-order valence-corrected chi connectivity index (χ4v) is 2.04. The lowest BCUT2D eigenvalue weighted by atomic mass is 10.2. The van der Waals surface area contributed by atoms with Crippen LogP contribution in [0.3, 0.4) is 0 Å². The molecule has 1 aliphatic rings. The number of ether oxygens (including phenoxy) is 1. The van der Waals surface area contributed by atoms with E-state index >= 15 is 0 Å². The fourth-order valence-electron chi connectivity index (χ4n) is 1.62. The third kappa shape index (κ3) is 4.22. The largest absolute Gasteiger partial charge is 0.376 e. The van der Waals surface area contributed by atoms with Gasteiger partial charge in [0.05, 0.1) is 6.10 Å². The molecule has 1 aromatic rings. The summed E-state index contributed by atoms with van der Waals surface area (Å²) in [7, 11) is 0. The first kappa shape index (κ1) is 12.7. The van der Waals surface area contributed by atoms with Gasteiger partial charge in [0.1, 0.15) is 5.82 Å². The molecule has 0 bridgehead atoms. The van der Waals surface area contributed by atoms with Crippen LogP contribution in [-0.4, -0.2) is 29.4 Å². The summed E-state index contributed by atoms with van der Waals surface area (Å²) in [4.78, 5) is 4.18. The average Bonchev–Trinajstić information content (AvgIpc) is 2.83. The number of pyridine rings is 1. The van der Waals surface area contributed by atoms with E-state index in [1.807, 2.05) is 12.1 Å². The molecule has 1 aromatic heterocycles. The molecule has 4 nitrogen and oxygen atoms in total. The molecule has 1 saturated heterocycles. The topological polar surface area (TPSA) is 46.2 Å². The zero-order chi connectivity index (χ0) is 12.1. The van der Waals surface area contributed by atoms with Crippen LogP contribution in [0.1, 0.15) is 12.8 Å². The molecule has 92 valence electrons. The van der Waals surface area contributed by atoms with Crippen molar-refractivity contribution in [1.29, 1.82) is 0 Å². The summed E-state index contributed by atoms with van der Waals surface area (Å²) in [5, 5.41) is 6.74. The molecule has 0 aliphatic carbocycles. The maximum atomic E-state index is 5.50. The lowest BCUT2D eigenvalue weighted by Gasteiger charge is -2.13. The fraction of sp³-hybridized carbons (Fsp3) is 0.455. The van der Waals surface area contributed by atoms with Crippen molar-refractivity contribution >= 4 is 39.1 Å². The molecule has 2 heterocycles. The maximum absolute atomic E-state index is 5.50. The Labute approximate surface area is 114 Å². The van der Waals surface area contributed by atoms with Crippen LogP contribution in [0.4, 0.5) is 5.82 Å². The predicted molar refractivity (Wildman–Crippen MR) is 75.1 cm³/mol. The molecule has 0 saturated carbocycles. The summed E-state index contributed by atoms with van der Waals surface area (Å²) in [5.74, 6) is 0.734. The van der Waals surface area contributed by atoms with Gasteiger partial charge >= 0.3 is 0 Å². The molecule has 1 aliphatic heterocycles. The van der Waals surface area contributed by atoms with Crippen LogP contribution < -0.4 is 10.6 Å². The summed E-state index contributed by atoms with van der Waals surface area (Å²) < 4.78 is 6.44. The Kier molecular flexibility index (Phi) is 4.70. The van der Waals surface area contributed by atoms with Crippen LogP contribution in [0.5, 0.6) is 0 Å². The molecular weight excluding hydrogens is 302 g/mol. The van der Waals surface area contributed by atoms with Gasteiger partial charge in [0, 0.05) is 23.8 Å². The van der Waals surface area contributed by atoms with Crippen molar-refractivity contribution < 1.29 is 4.74 Å². The number of aromatic nitrogens is 1. The van der Waals surface area contributed by atoms with E-state index in [1.165, 1.54) is 0 Å². The van der Waals surface area contributed by atoms with Crippen LogP contribution in [0.15, 0.2) is 22.8 Å². The average molecular weight is 316 g/mol. The van der Waals surface area contributed by atoms with Gasteiger partial charge in [-0.1, -0.05) is 0 Å². The second-order valence-corrected chi connectivity index (χ2v) is 5.16. The predicted octanol–water partition coefficient (Wildman–Crippen LogP) is 2.31. The number of halogens is 1. The lowest BCUT2D eigenvalue weighted by Crippen LogP contribution is -2.35. The Balaban J connectivity index is 1.74. The number of rotatable bonds is 3. The van der Waals surface area contributed by atoms with Gasteiger partial charge in [-0.05, 0) is 53.1 Å². The molecule has 1 fully saturated rings. The Bertz CT molecular complexity index is 379. The van der Waals surface area contributed by atoms with E-state index in [4.69, 9.17) is 17.0 Å². The van der Waals surface area contributed by atoms with E-state index in [9.17, 15) is 0 Å². The third-order valence-corrected chi connectivity index (χ3v) is 3.20. The van der Waals surface area contributed by atoms with Gasteiger partial charge in [-0.25, -0.2) is 4.98 Å². The molecule has 0 spiro atoms. The van der Waals surface area contributed by atoms with Gasteiger partial charge in [0.15, 0.2) is 5.11 Å². The Morgan fingerprint density at radius 2 is 2.47 bits per heavy atom. The minimum atomic E-state index is 0.285. The van der Waals surface area contributed by atoms with Gasteiger partial charge in [0.25, 0.3) is 0 Å². The number of anilines is 1. The van der Waals surface area contributed by atoms with Crippen molar-refractivity contribution in [3.05, 3.63) is 22.8 Å². The van der Waals surface area contributed by atoms with Gasteiger partial charge in [-0.15, -0.1) is 0 Å². The first-order valence-electron chi connectivity index (χ1n) is 5.52. The highest BCUT2D eigenvalue weighted by Gasteiger charge is 2.15. The van der Waals surface area contributed by atoms with Gasteiger partial charge in [-0.2, -0.15) is 0 Å². The lowest BCUT2D eigenvalue weighted by molar-refractivity contribution is 0.114. The van der Waals surface area contributed by atoms with Crippen molar-refractivity contribution in [3.63, 3.8) is 0 Å². The monoisotopic (exact) mass is 315 g/mol. The second kappa shape index (κ2) is 6.28. The zero-order valence-electron chi connectivity index (χ0n) is 9.28. The van der Waals surface area contributed by atoms with Crippen LogP contribution in [0.2, 0.25) is 0 Å². The summed E-state index contributed by atoms with van der Waals surface area (Å²) >= 11 is 8.51. The molecule has 0 aromatic carbocycles.